The third-order valence-corrected chi connectivity index (χ3v) is 5.33. The molecule has 0 aliphatic carbocycles. The molecule has 1 heterocycles. The quantitative estimate of drug-likeness (QED) is 0.517. The van der Waals surface area contributed by atoms with E-state index in [1.54, 1.807) is 16.6 Å². The number of aromatic nitrogens is 3. The molecular formula is C21H24N4O3S. The molecule has 29 heavy (non-hydrogen) atoms. The van der Waals surface area contributed by atoms with Gasteiger partial charge in [-0.2, -0.15) is 0 Å². The van der Waals surface area contributed by atoms with E-state index in [2.05, 4.69) is 10.2 Å². The molecule has 0 fully saturated rings. The summed E-state index contributed by atoms with van der Waals surface area (Å²) < 4.78 is 6.69. The van der Waals surface area contributed by atoms with Gasteiger partial charge in [-0.3, -0.25) is 9.36 Å². The topological polar surface area (TPSA) is 80.2 Å². The van der Waals surface area contributed by atoms with Crippen LogP contribution in [0.25, 0.3) is 0 Å². The molecule has 3 rings (SSSR count). The average molecular weight is 413 g/mol. The highest BCUT2D eigenvalue weighted by Gasteiger charge is 2.17. The van der Waals surface area contributed by atoms with Gasteiger partial charge in [-0.1, -0.05) is 72.4 Å². The van der Waals surface area contributed by atoms with Crippen molar-refractivity contribution < 1.29 is 9.53 Å². The first kappa shape index (κ1) is 20.9. The fourth-order valence-electron chi connectivity index (χ4n) is 2.83. The van der Waals surface area contributed by atoms with E-state index in [9.17, 15) is 9.59 Å². The second kappa shape index (κ2) is 10.6. The van der Waals surface area contributed by atoms with E-state index < -0.39 is 0 Å². The molecule has 1 aromatic heterocycles. The van der Waals surface area contributed by atoms with Crippen molar-refractivity contribution in [3.8, 4) is 0 Å². The van der Waals surface area contributed by atoms with Crippen molar-refractivity contribution in [2.75, 3.05) is 26.0 Å². The molecule has 0 saturated heterocycles. The van der Waals surface area contributed by atoms with Gasteiger partial charge in [-0.25, -0.2) is 9.89 Å². The number of carbonyl (C=O) groups excluding carboxylic acids is 1. The normalized spacial score (nSPS) is 10.8. The van der Waals surface area contributed by atoms with Crippen LogP contribution in [-0.4, -0.2) is 51.6 Å². The zero-order chi connectivity index (χ0) is 20.5. The van der Waals surface area contributed by atoms with Crippen LogP contribution in [0.2, 0.25) is 0 Å². The van der Waals surface area contributed by atoms with E-state index >= 15 is 0 Å². The molecule has 0 aliphatic rings. The standard InChI is InChI=1S/C21H24N4O3S/c1-28-13-12-24(14-17-8-4-2-5-9-17)19(26)16-29-21-23-22-20(27)25(21)15-18-10-6-3-7-11-18/h2-11H,12-16H2,1H3,(H,22,27). The van der Waals surface area contributed by atoms with Gasteiger partial charge >= 0.3 is 5.69 Å². The fraction of sp³-hybridized carbons (Fsp3) is 0.286. The number of H-pyrrole nitrogens is 1. The van der Waals surface area contributed by atoms with Crippen molar-refractivity contribution in [1.29, 1.82) is 0 Å². The number of thioether (sulfide) groups is 1. The van der Waals surface area contributed by atoms with E-state index in [-0.39, 0.29) is 17.3 Å². The van der Waals surface area contributed by atoms with E-state index in [1.807, 2.05) is 60.7 Å². The number of amides is 1. The number of benzene rings is 2. The van der Waals surface area contributed by atoms with Crippen LogP contribution in [0.4, 0.5) is 0 Å². The van der Waals surface area contributed by atoms with Gasteiger partial charge in [0.05, 0.1) is 18.9 Å². The first-order valence-electron chi connectivity index (χ1n) is 9.30. The first-order chi connectivity index (χ1) is 14.2. The highest BCUT2D eigenvalue weighted by Crippen LogP contribution is 2.16. The summed E-state index contributed by atoms with van der Waals surface area (Å²) in [4.78, 5) is 26.7. The van der Waals surface area contributed by atoms with Gasteiger partial charge in [-0.15, -0.1) is 5.10 Å². The lowest BCUT2D eigenvalue weighted by Crippen LogP contribution is -2.34. The number of hydrogen-bond donors (Lipinski definition) is 1. The minimum Gasteiger partial charge on any atom is -0.383 e. The van der Waals surface area contributed by atoms with Crippen molar-refractivity contribution in [3.63, 3.8) is 0 Å². The summed E-state index contributed by atoms with van der Waals surface area (Å²) in [6.45, 7) is 1.89. The predicted octanol–water partition coefficient (Wildman–Crippen LogP) is 2.39. The summed E-state index contributed by atoms with van der Waals surface area (Å²) in [6.07, 6.45) is 0. The second-order valence-electron chi connectivity index (χ2n) is 6.47. The van der Waals surface area contributed by atoms with E-state index in [0.29, 0.717) is 31.4 Å². The minimum atomic E-state index is -0.288. The van der Waals surface area contributed by atoms with Crippen LogP contribution >= 0.6 is 11.8 Å². The number of rotatable bonds is 10. The van der Waals surface area contributed by atoms with Crippen molar-refractivity contribution >= 4 is 17.7 Å². The molecule has 0 saturated carbocycles. The predicted molar refractivity (Wildman–Crippen MR) is 113 cm³/mol. The van der Waals surface area contributed by atoms with E-state index in [1.165, 1.54) is 11.8 Å². The van der Waals surface area contributed by atoms with Crippen molar-refractivity contribution in [2.24, 2.45) is 0 Å². The summed E-state index contributed by atoms with van der Waals surface area (Å²) >= 11 is 1.26. The maximum atomic E-state index is 12.8. The van der Waals surface area contributed by atoms with Crippen LogP contribution in [0, 0.1) is 0 Å². The molecule has 0 spiro atoms. The first-order valence-corrected chi connectivity index (χ1v) is 10.3. The van der Waals surface area contributed by atoms with Crippen molar-refractivity contribution in [2.45, 2.75) is 18.2 Å². The lowest BCUT2D eigenvalue weighted by Gasteiger charge is -2.22. The van der Waals surface area contributed by atoms with Gasteiger partial charge in [0.25, 0.3) is 0 Å². The van der Waals surface area contributed by atoms with Crippen molar-refractivity contribution in [1.82, 2.24) is 19.7 Å². The van der Waals surface area contributed by atoms with Crippen LogP contribution in [0.15, 0.2) is 70.6 Å². The lowest BCUT2D eigenvalue weighted by molar-refractivity contribution is -0.129. The molecular weight excluding hydrogens is 388 g/mol. The maximum Gasteiger partial charge on any atom is 0.344 e. The van der Waals surface area contributed by atoms with E-state index in [4.69, 9.17) is 4.74 Å². The summed E-state index contributed by atoms with van der Waals surface area (Å²) in [5.74, 6) is 0.160. The number of ether oxygens (including phenoxy) is 1. The van der Waals surface area contributed by atoms with Gasteiger partial charge in [0.1, 0.15) is 0 Å². The lowest BCUT2D eigenvalue weighted by atomic mass is 10.2. The molecule has 0 radical (unpaired) electrons. The van der Waals surface area contributed by atoms with Crippen LogP contribution in [0.3, 0.4) is 0 Å². The number of methoxy groups -OCH3 is 1. The number of nitrogens with one attached hydrogen (secondary N) is 1. The highest BCUT2D eigenvalue weighted by molar-refractivity contribution is 7.99. The SMILES string of the molecule is COCCN(Cc1ccccc1)C(=O)CSc1n[nH]c(=O)n1Cc1ccccc1. The second-order valence-corrected chi connectivity index (χ2v) is 7.41. The molecule has 0 bridgehead atoms. The maximum absolute atomic E-state index is 12.8. The Bertz CT molecular complexity index is 957. The molecule has 2 aromatic carbocycles. The van der Waals surface area contributed by atoms with Gasteiger partial charge in [0.15, 0.2) is 5.16 Å². The number of aromatic amines is 1. The van der Waals surface area contributed by atoms with Gasteiger partial charge < -0.3 is 9.64 Å². The number of nitrogens with zero attached hydrogens (tertiary/aromatic N) is 3. The summed E-state index contributed by atoms with van der Waals surface area (Å²) in [5.41, 5.74) is 1.77. The number of carbonyl (C=O) groups is 1. The number of hydrogen-bond acceptors (Lipinski definition) is 5. The fourth-order valence-corrected chi connectivity index (χ4v) is 3.68. The molecule has 1 N–H and O–H groups in total. The van der Waals surface area contributed by atoms with Crippen molar-refractivity contribution in [3.05, 3.63) is 82.3 Å². The van der Waals surface area contributed by atoms with Crippen LogP contribution in [0.1, 0.15) is 11.1 Å². The Morgan fingerprint density at radius 2 is 1.76 bits per heavy atom. The molecule has 3 aromatic rings. The largest absolute Gasteiger partial charge is 0.383 e. The Morgan fingerprint density at radius 3 is 2.41 bits per heavy atom. The molecule has 0 atom stereocenters. The highest BCUT2D eigenvalue weighted by atomic mass is 32.2. The molecule has 8 heteroatoms. The van der Waals surface area contributed by atoms with E-state index in [0.717, 1.165) is 11.1 Å². The smallest absolute Gasteiger partial charge is 0.344 e. The summed E-state index contributed by atoms with van der Waals surface area (Å²) in [7, 11) is 1.62. The Morgan fingerprint density at radius 1 is 1.10 bits per heavy atom. The van der Waals surface area contributed by atoms with Crippen LogP contribution < -0.4 is 5.69 Å². The van der Waals surface area contributed by atoms with Gasteiger partial charge in [-0.05, 0) is 11.1 Å². The third kappa shape index (κ3) is 6.07. The van der Waals surface area contributed by atoms with Crippen LogP contribution in [0.5, 0.6) is 0 Å². The Hall–Kier alpha value is -2.84. The Balaban J connectivity index is 1.65. The minimum absolute atomic E-state index is 0.0300. The summed E-state index contributed by atoms with van der Waals surface area (Å²) in [5, 5.41) is 7.06. The molecule has 1 amide bonds. The zero-order valence-corrected chi connectivity index (χ0v) is 17.1. The van der Waals surface area contributed by atoms with Crippen LogP contribution in [-0.2, 0) is 22.6 Å². The summed E-state index contributed by atoms with van der Waals surface area (Å²) in [6, 6.07) is 19.5. The third-order valence-electron chi connectivity index (χ3n) is 4.37. The monoisotopic (exact) mass is 412 g/mol. The molecule has 7 nitrogen and oxygen atoms in total. The van der Waals surface area contributed by atoms with Gasteiger partial charge in [0.2, 0.25) is 5.91 Å². The Labute approximate surface area is 173 Å². The molecule has 0 aliphatic heterocycles. The molecule has 0 unspecified atom stereocenters. The average Bonchev–Trinajstić information content (AvgIpc) is 3.10. The zero-order valence-electron chi connectivity index (χ0n) is 16.3. The Kier molecular flexibility index (Phi) is 7.66. The van der Waals surface area contributed by atoms with Gasteiger partial charge in [0, 0.05) is 20.2 Å². The molecule has 152 valence electrons.